The van der Waals surface area contributed by atoms with E-state index >= 15 is 0 Å². The van der Waals surface area contributed by atoms with Crippen molar-refractivity contribution in [2.75, 3.05) is 0 Å². The molecular weight excluding hydrogens is 234 g/mol. The van der Waals surface area contributed by atoms with Crippen LogP contribution >= 0.6 is 11.6 Å². The predicted molar refractivity (Wildman–Crippen MR) is 67.8 cm³/mol. The van der Waals surface area contributed by atoms with Crippen molar-refractivity contribution in [1.82, 2.24) is 4.98 Å². The van der Waals surface area contributed by atoms with E-state index in [0.29, 0.717) is 5.02 Å². The van der Waals surface area contributed by atoms with Gasteiger partial charge in [-0.25, -0.2) is 0 Å². The number of benzene rings is 1. The lowest BCUT2D eigenvalue weighted by Crippen LogP contribution is -2.03. The number of rotatable bonds is 2. The molecule has 2 nitrogen and oxygen atoms in total. The Morgan fingerprint density at radius 1 is 1.12 bits per heavy atom. The van der Waals surface area contributed by atoms with Gasteiger partial charge < -0.3 is 5.11 Å². The van der Waals surface area contributed by atoms with Gasteiger partial charge in [-0.3, -0.25) is 4.98 Å². The lowest BCUT2D eigenvalue weighted by Gasteiger charge is -2.09. The third-order valence-electron chi connectivity index (χ3n) is 3.22. The van der Waals surface area contributed by atoms with Crippen molar-refractivity contribution in [3.05, 3.63) is 53.3 Å². The monoisotopic (exact) mass is 245 g/mol. The Balaban J connectivity index is 1.98. The molecule has 0 radical (unpaired) electrons. The maximum absolute atomic E-state index is 9.98. The number of hydrogen-bond donors (Lipinski definition) is 1. The summed E-state index contributed by atoms with van der Waals surface area (Å²) in [5.41, 5.74) is 2.36. The molecule has 0 spiro atoms. The lowest BCUT2D eigenvalue weighted by molar-refractivity contribution is 0.151. The molecule has 1 fully saturated rings. The van der Waals surface area contributed by atoms with Crippen molar-refractivity contribution in [3.8, 4) is 11.1 Å². The van der Waals surface area contributed by atoms with Crippen LogP contribution in [0.1, 0.15) is 18.4 Å². The van der Waals surface area contributed by atoms with Crippen LogP contribution in [0, 0.1) is 0 Å². The van der Waals surface area contributed by atoms with Crippen LogP contribution in [-0.2, 0) is 5.60 Å². The Morgan fingerprint density at radius 3 is 2.41 bits per heavy atom. The Bertz CT molecular complexity index is 546. The second kappa shape index (κ2) is 3.83. The first-order valence-electron chi connectivity index (χ1n) is 5.62. The first-order valence-corrected chi connectivity index (χ1v) is 6.00. The van der Waals surface area contributed by atoms with Gasteiger partial charge in [0.1, 0.15) is 0 Å². The molecule has 1 aromatic carbocycles. The molecule has 0 amide bonds. The zero-order valence-electron chi connectivity index (χ0n) is 9.23. The Morgan fingerprint density at radius 2 is 1.82 bits per heavy atom. The molecule has 0 atom stereocenters. The van der Waals surface area contributed by atoms with E-state index in [9.17, 15) is 5.11 Å². The van der Waals surface area contributed by atoms with Crippen LogP contribution in [-0.4, -0.2) is 10.1 Å². The molecule has 17 heavy (non-hydrogen) atoms. The number of pyridine rings is 1. The number of aromatic nitrogens is 1. The van der Waals surface area contributed by atoms with Crippen molar-refractivity contribution >= 4 is 11.6 Å². The van der Waals surface area contributed by atoms with Crippen molar-refractivity contribution in [1.29, 1.82) is 0 Å². The molecule has 0 bridgehead atoms. The fourth-order valence-electron chi connectivity index (χ4n) is 1.96. The van der Waals surface area contributed by atoms with Crippen LogP contribution in [0.3, 0.4) is 0 Å². The van der Waals surface area contributed by atoms with E-state index in [-0.39, 0.29) is 0 Å². The average Bonchev–Trinajstić information content (AvgIpc) is 3.10. The van der Waals surface area contributed by atoms with Gasteiger partial charge in [-0.1, -0.05) is 35.9 Å². The minimum atomic E-state index is -0.572. The van der Waals surface area contributed by atoms with Gasteiger partial charge in [-0.05, 0) is 30.0 Å². The van der Waals surface area contributed by atoms with Crippen molar-refractivity contribution in [2.45, 2.75) is 18.4 Å². The fourth-order valence-corrected chi connectivity index (χ4v) is 2.17. The van der Waals surface area contributed by atoms with E-state index in [1.54, 1.807) is 18.5 Å². The van der Waals surface area contributed by atoms with Crippen molar-refractivity contribution in [2.24, 2.45) is 0 Å². The molecule has 2 aromatic rings. The molecule has 1 aromatic heterocycles. The molecule has 0 saturated heterocycles. The Kier molecular flexibility index (Phi) is 2.42. The molecule has 0 unspecified atom stereocenters. The van der Waals surface area contributed by atoms with Crippen LogP contribution in [0.15, 0.2) is 42.7 Å². The molecule has 3 rings (SSSR count). The van der Waals surface area contributed by atoms with Gasteiger partial charge in [0, 0.05) is 18.0 Å². The first kappa shape index (κ1) is 10.8. The van der Waals surface area contributed by atoms with E-state index in [4.69, 9.17) is 11.6 Å². The number of halogens is 1. The van der Waals surface area contributed by atoms with Gasteiger partial charge in [-0.2, -0.15) is 0 Å². The third-order valence-corrected chi connectivity index (χ3v) is 3.55. The molecule has 1 aliphatic carbocycles. The van der Waals surface area contributed by atoms with Crippen LogP contribution < -0.4 is 0 Å². The maximum atomic E-state index is 9.98. The molecule has 1 heterocycles. The van der Waals surface area contributed by atoms with Crippen molar-refractivity contribution < 1.29 is 5.11 Å². The molecule has 3 heteroatoms. The standard InChI is InChI=1S/C14H12ClNO/c15-13-5-8-16-9-12(13)10-1-3-11(4-2-10)14(17)6-7-14/h1-5,8-9,17H,6-7H2. The largest absolute Gasteiger partial charge is 0.385 e. The number of hydrogen-bond acceptors (Lipinski definition) is 2. The van der Waals surface area contributed by atoms with Crippen LogP contribution in [0.4, 0.5) is 0 Å². The van der Waals surface area contributed by atoms with Crippen LogP contribution in [0.25, 0.3) is 11.1 Å². The van der Waals surface area contributed by atoms with Crippen LogP contribution in [0.5, 0.6) is 0 Å². The quantitative estimate of drug-likeness (QED) is 0.880. The summed E-state index contributed by atoms with van der Waals surface area (Å²) in [4.78, 5) is 4.07. The molecule has 1 N–H and O–H groups in total. The van der Waals surface area contributed by atoms with E-state index in [1.165, 1.54) is 0 Å². The topological polar surface area (TPSA) is 33.1 Å². The van der Waals surface area contributed by atoms with Gasteiger partial charge in [0.05, 0.1) is 10.6 Å². The minimum Gasteiger partial charge on any atom is -0.385 e. The normalized spacial score (nSPS) is 16.8. The third kappa shape index (κ3) is 1.94. The summed E-state index contributed by atoms with van der Waals surface area (Å²) < 4.78 is 0. The number of aliphatic hydroxyl groups is 1. The second-order valence-corrected chi connectivity index (χ2v) is 4.87. The maximum Gasteiger partial charge on any atom is 0.0899 e. The summed E-state index contributed by atoms with van der Waals surface area (Å²) in [5, 5.41) is 10.7. The fraction of sp³-hybridized carbons (Fsp3) is 0.214. The number of nitrogens with zero attached hydrogens (tertiary/aromatic N) is 1. The smallest absolute Gasteiger partial charge is 0.0899 e. The summed E-state index contributed by atoms with van der Waals surface area (Å²) in [7, 11) is 0. The van der Waals surface area contributed by atoms with Crippen molar-refractivity contribution in [3.63, 3.8) is 0 Å². The van der Waals surface area contributed by atoms with E-state index in [0.717, 1.165) is 29.5 Å². The van der Waals surface area contributed by atoms with Gasteiger partial charge in [0.2, 0.25) is 0 Å². The summed E-state index contributed by atoms with van der Waals surface area (Å²) in [6.45, 7) is 0. The highest BCUT2D eigenvalue weighted by Gasteiger charge is 2.41. The highest BCUT2D eigenvalue weighted by atomic mass is 35.5. The predicted octanol–water partition coefficient (Wildman–Crippen LogP) is 3.38. The first-order chi connectivity index (χ1) is 8.19. The Hall–Kier alpha value is -1.38. The zero-order chi connectivity index (χ0) is 11.9. The minimum absolute atomic E-state index is 0.572. The molecule has 0 aliphatic heterocycles. The van der Waals surface area contributed by atoms with Gasteiger partial charge in [0.15, 0.2) is 0 Å². The summed E-state index contributed by atoms with van der Waals surface area (Å²) in [5.74, 6) is 0. The SMILES string of the molecule is OC1(c2ccc(-c3cnccc3Cl)cc2)CC1. The average molecular weight is 246 g/mol. The zero-order valence-corrected chi connectivity index (χ0v) is 9.98. The van der Waals surface area contributed by atoms with Gasteiger partial charge >= 0.3 is 0 Å². The molecular formula is C14H12ClNO. The molecule has 86 valence electrons. The Labute approximate surface area is 105 Å². The molecule has 1 saturated carbocycles. The summed E-state index contributed by atoms with van der Waals surface area (Å²) in [6.07, 6.45) is 5.15. The van der Waals surface area contributed by atoms with E-state index in [2.05, 4.69) is 4.98 Å². The van der Waals surface area contributed by atoms with E-state index in [1.807, 2.05) is 24.3 Å². The van der Waals surface area contributed by atoms with Gasteiger partial charge in [-0.15, -0.1) is 0 Å². The van der Waals surface area contributed by atoms with Crippen LogP contribution in [0.2, 0.25) is 5.02 Å². The second-order valence-electron chi connectivity index (χ2n) is 4.46. The highest BCUT2D eigenvalue weighted by Crippen LogP contribution is 2.45. The van der Waals surface area contributed by atoms with E-state index < -0.39 is 5.60 Å². The van der Waals surface area contributed by atoms with Gasteiger partial charge in [0.25, 0.3) is 0 Å². The molecule has 1 aliphatic rings. The highest BCUT2D eigenvalue weighted by molar-refractivity contribution is 6.33. The lowest BCUT2D eigenvalue weighted by atomic mass is 10.0. The summed E-state index contributed by atoms with van der Waals surface area (Å²) >= 11 is 6.11. The summed E-state index contributed by atoms with van der Waals surface area (Å²) in [6, 6.07) is 9.67.